The van der Waals surface area contributed by atoms with E-state index in [1.807, 2.05) is 29.9 Å². The Morgan fingerprint density at radius 3 is 2.71 bits per heavy atom. The monoisotopic (exact) mass is 290 g/mol. The molecule has 2 N–H and O–H groups in total. The van der Waals surface area contributed by atoms with E-state index in [0.717, 1.165) is 37.7 Å². The van der Waals surface area contributed by atoms with Crippen LogP contribution in [0.5, 0.6) is 0 Å². The Morgan fingerprint density at radius 2 is 2.05 bits per heavy atom. The highest BCUT2D eigenvalue weighted by Crippen LogP contribution is 2.12. The van der Waals surface area contributed by atoms with Gasteiger partial charge in [-0.15, -0.1) is 0 Å². The van der Waals surface area contributed by atoms with Crippen LogP contribution in [0.2, 0.25) is 0 Å². The fourth-order valence-electron chi connectivity index (χ4n) is 1.94. The molecule has 0 aliphatic heterocycles. The zero-order chi connectivity index (χ0) is 14.9. The number of hydrogen-bond donors (Lipinski definition) is 2. The first-order valence-corrected chi connectivity index (χ1v) is 7.14. The summed E-state index contributed by atoms with van der Waals surface area (Å²) < 4.78 is 7.02. The van der Waals surface area contributed by atoms with Gasteiger partial charge in [-0.1, -0.05) is 0 Å². The van der Waals surface area contributed by atoms with Crippen molar-refractivity contribution in [3.05, 3.63) is 30.4 Å². The predicted octanol–water partition coefficient (Wildman–Crippen LogP) is 1.75. The van der Waals surface area contributed by atoms with Crippen molar-refractivity contribution >= 4 is 11.6 Å². The number of aryl methyl sites for hydroxylation is 1. The molecule has 21 heavy (non-hydrogen) atoms. The Kier molecular flexibility index (Phi) is 5.96. The van der Waals surface area contributed by atoms with Crippen LogP contribution < -0.4 is 10.6 Å². The molecular weight excluding hydrogens is 268 g/mol. The summed E-state index contributed by atoms with van der Waals surface area (Å²) in [5, 5.41) is 10.7. The van der Waals surface area contributed by atoms with Gasteiger partial charge in [0.15, 0.2) is 5.82 Å². The molecule has 7 heteroatoms. The first-order valence-electron chi connectivity index (χ1n) is 7.14. The number of ether oxygens (including phenoxy) is 1. The van der Waals surface area contributed by atoms with Gasteiger partial charge in [0, 0.05) is 45.2 Å². The molecule has 0 fully saturated rings. The van der Waals surface area contributed by atoms with Crippen LogP contribution >= 0.6 is 0 Å². The van der Waals surface area contributed by atoms with Crippen LogP contribution in [-0.2, 0) is 17.9 Å². The van der Waals surface area contributed by atoms with Crippen molar-refractivity contribution in [3.8, 4) is 0 Å². The number of hydrogen-bond acceptors (Lipinski definition) is 6. The molecule has 0 aromatic carbocycles. The predicted molar refractivity (Wildman–Crippen MR) is 82.2 cm³/mol. The number of aromatic nitrogens is 4. The molecule has 0 bridgehead atoms. The number of methoxy groups -OCH3 is 1. The summed E-state index contributed by atoms with van der Waals surface area (Å²) >= 11 is 0. The maximum Gasteiger partial charge on any atom is 0.158 e. The smallest absolute Gasteiger partial charge is 0.158 e. The van der Waals surface area contributed by atoms with E-state index in [2.05, 4.69) is 25.7 Å². The van der Waals surface area contributed by atoms with E-state index in [-0.39, 0.29) is 0 Å². The van der Waals surface area contributed by atoms with Gasteiger partial charge in [0.05, 0.1) is 0 Å². The molecule has 0 radical (unpaired) electrons. The standard InChI is InChI=1S/C14H22N6O/c1-3-15-12-10-13(19-14(18-12)11-21-2)16-6-4-8-20-9-5-7-17-20/h5,7,9-10H,3-4,6,8,11H2,1-2H3,(H2,15,16,18,19). The first kappa shape index (κ1) is 15.2. The second-order valence-electron chi connectivity index (χ2n) is 4.57. The van der Waals surface area contributed by atoms with Crippen LogP contribution in [-0.4, -0.2) is 39.9 Å². The lowest BCUT2D eigenvalue weighted by Crippen LogP contribution is -2.11. The first-order chi connectivity index (χ1) is 10.3. The molecule has 0 spiro atoms. The third-order valence-electron chi connectivity index (χ3n) is 2.83. The van der Waals surface area contributed by atoms with Crippen molar-refractivity contribution in [1.82, 2.24) is 19.7 Å². The maximum atomic E-state index is 5.10. The molecule has 0 saturated heterocycles. The van der Waals surface area contributed by atoms with E-state index in [0.29, 0.717) is 12.4 Å². The summed E-state index contributed by atoms with van der Waals surface area (Å²) in [6.45, 7) is 4.98. The van der Waals surface area contributed by atoms with E-state index in [4.69, 9.17) is 4.74 Å². The summed E-state index contributed by atoms with van der Waals surface area (Å²) in [5.74, 6) is 2.30. The second-order valence-corrected chi connectivity index (χ2v) is 4.57. The van der Waals surface area contributed by atoms with Crippen LogP contribution in [0.25, 0.3) is 0 Å². The second kappa shape index (κ2) is 8.21. The minimum absolute atomic E-state index is 0.404. The van der Waals surface area contributed by atoms with Gasteiger partial charge in [-0.25, -0.2) is 9.97 Å². The molecule has 0 aliphatic carbocycles. The molecule has 0 unspecified atom stereocenters. The van der Waals surface area contributed by atoms with Crippen molar-refractivity contribution in [3.63, 3.8) is 0 Å². The zero-order valence-electron chi connectivity index (χ0n) is 12.5. The minimum atomic E-state index is 0.404. The van der Waals surface area contributed by atoms with E-state index in [1.165, 1.54) is 0 Å². The number of nitrogens with one attached hydrogen (secondary N) is 2. The molecule has 2 heterocycles. The molecule has 0 atom stereocenters. The van der Waals surface area contributed by atoms with Gasteiger partial charge in [0.2, 0.25) is 0 Å². The summed E-state index contributed by atoms with van der Waals surface area (Å²) in [4.78, 5) is 8.81. The molecule has 0 amide bonds. The lowest BCUT2D eigenvalue weighted by atomic mass is 10.4. The molecule has 0 aliphatic rings. The average molecular weight is 290 g/mol. The molecule has 7 nitrogen and oxygen atoms in total. The Labute approximate surface area is 124 Å². The average Bonchev–Trinajstić information content (AvgIpc) is 2.97. The van der Waals surface area contributed by atoms with Crippen molar-refractivity contribution in [2.75, 3.05) is 30.8 Å². The summed E-state index contributed by atoms with van der Waals surface area (Å²) in [7, 11) is 1.64. The quantitative estimate of drug-likeness (QED) is 0.685. The number of rotatable bonds is 9. The van der Waals surface area contributed by atoms with Gasteiger partial charge >= 0.3 is 0 Å². The summed E-state index contributed by atoms with van der Waals surface area (Å²) in [6.07, 6.45) is 4.73. The largest absolute Gasteiger partial charge is 0.377 e. The summed E-state index contributed by atoms with van der Waals surface area (Å²) in [6, 6.07) is 3.84. The van der Waals surface area contributed by atoms with Gasteiger partial charge in [-0.2, -0.15) is 5.10 Å². The molecular formula is C14H22N6O. The molecule has 0 saturated carbocycles. The van der Waals surface area contributed by atoms with Crippen LogP contribution in [0.3, 0.4) is 0 Å². The SMILES string of the molecule is CCNc1cc(NCCCn2cccn2)nc(COC)n1. The van der Waals surface area contributed by atoms with Gasteiger partial charge < -0.3 is 15.4 Å². The highest BCUT2D eigenvalue weighted by molar-refractivity contribution is 5.47. The zero-order valence-corrected chi connectivity index (χ0v) is 12.5. The van der Waals surface area contributed by atoms with Gasteiger partial charge in [-0.3, -0.25) is 4.68 Å². The third kappa shape index (κ3) is 5.03. The van der Waals surface area contributed by atoms with Gasteiger partial charge in [0.25, 0.3) is 0 Å². The third-order valence-corrected chi connectivity index (χ3v) is 2.83. The van der Waals surface area contributed by atoms with E-state index < -0.39 is 0 Å². The molecule has 2 aromatic rings. The lowest BCUT2D eigenvalue weighted by molar-refractivity contribution is 0.178. The van der Waals surface area contributed by atoms with Crippen LogP contribution in [0.15, 0.2) is 24.5 Å². The Bertz CT molecular complexity index is 504. The Hall–Kier alpha value is -2.15. The van der Waals surface area contributed by atoms with Crippen LogP contribution in [0, 0.1) is 0 Å². The topological polar surface area (TPSA) is 76.9 Å². The Morgan fingerprint density at radius 1 is 1.24 bits per heavy atom. The lowest BCUT2D eigenvalue weighted by Gasteiger charge is -2.10. The number of nitrogens with zero attached hydrogens (tertiary/aromatic N) is 4. The molecule has 2 aromatic heterocycles. The molecule has 2 rings (SSSR count). The van der Waals surface area contributed by atoms with Crippen molar-refractivity contribution < 1.29 is 4.74 Å². The van der Waals surface area contributed by atoms with Gasteiger partial charge in [0.1, 0.15) is 18.2 Å². The summed E-state index contributed by atoms with van der Waals surface area (Å²) in [5.41, 5.74) is 0. The minimum Gasteiger partial charge on any atom is -0.377 e. The highest BCUT2D eigenvalue weighted by atomic mass is 16.5. The maximum absolute atomic E-state index is 5.10. The fourth-order valence-corrected chi connectivity index (χ4v) is 1.94. The Balaban J connectivity index is 1.88. The van der Waals surface area contributed by atoms with E-state index in [9.17, 15) is 0 Å². The van der Waals surface area contributed by atoms with E-state index in [1.54, 1.807) is 13.3 Å². The van der Waals surface area contributed by atoms with Gasteiger partial charge in [-0.05, 0) is 19.4 Å². The van der Waals surface area contributed by atoms with Crippen molar-refractivity contribution in [1.29, 1.82) is 0 Å². The van der Waals surface area contributed by atoms with Crippen LogP contribution in [0.1, 0.15) is 19.2 Å². The normalized spacial score (nSPS) is 10.6. The fraction of sp³-hybridized carbons (Fsp3) is 0.500. The van der Waals surface area contributed by atoms with Crippen molar-refractivity contribution in [2.24, 2.45) is 0 Å². The molecule has 114 valence electrons. The van der Waals surface area contributed by atoms with Crippen molar-refractivity contribution in [2.45, 2.75) is 26.5 Å². The van der Waals surface area contributed by atoms with E-state index >= 15 is 0 Å². The van der Waals surface area contributed by atoms with Crippen LogP contribution in [0.4, 0.5) is 11.6 Å². The number of anilines is 2. The highest BCUT2D eigenvalue weighted by Gasteiger charge is 2.04.